The van der Waals surface area contributed by atoms with Gasteiger partial charge in [0.2, 0.25) is 11.1 Å². The Labute approximate surface area is 232 Å². The first-order valence-electron chi connectivity index (χ1n) is 12.7. The molecule has 1 atom stereocenters. The van der Waals surface area contributed by atoms with Gasteiger partial charge in [-0.3, -0.25) is 0 Å². The van der Waals surface area contributed by atoms with Gasteiger partial charge in [-0.25, -0.2) is 9.48 Å². The number of rotatable bonds is 12. The fourth-order valence-corrected chi connectivity index (χ4v) is 5.21. The minimum Gasteiger partial charge on any atom is -0.493 e. The van der Waals surface area contributed by atoms with E-state index in [4.69, 9.17) is 35.9 Å². The van der Waals surface area contributed by atoms with Gasteiger partial charge in [0.25, 0.3) is 0 Å². The van der Waals surface area contributed by atoms with Crippen LogP contribution in [-0.2, 0) is 15.3 Å². The van der Waals surface area contributed by atoms with E-state index in [-0.39, 0.29) is 0 Å². The monoisotopic (exact) mass is 556 g/mol. The van der Waals surface area contributed by atoms with Crippen molar-refractivity contribution < 1.29 is 19.0 Å². The molecule has 0 radical (unpaired) electrons. The Bertz CT molecular complexity index is 1310. The second-order valence-electron chi connectivity index (χ2n) is 8.86. The van der Waals surface area contributed by atoms with Gasteiger partial charge in [-0.1, -0.05) is 67.9 Å². The van der Waals surface area contributed by atoms with Gasteiger partial charge in [0.05, 0.1) is 25.9 Å². The number of allylic oxidation sites excluding steroid dienone is 1. The molecule has 8 nitrogen and oxygen atoms in total. The predicted octanol–water partition coefficient (Wildman–Crippen LogP) is 6.65. The van der Waals surface area contributed by atoms with Crippen molar-refractivity contribution in [1.82, 2.24) is 14.8 Å². The Morgan fingerprint density at radius 2 is 1.95 bits per heavy atom. The number of unbranched alkanes of at least 4 members (excludes halogenated alkanes) is 1. The van der Waals surface area contributed by atoms with Gasteiger partial charge in [0, 0.05) is 16.5 Å². The van der Waals surface area contributed by atoms with Crippen molar-refractivity contribution in [1.29, 1.82) is 0 Å². The molecule has 10 heteroatoms. The first kappa shape index (κ1) is 27.9. The lowest BCUT2D eigenvalue weighted by molar-refractivity contribution is -0.139. The molecule has 4 rings (SSSR count). The molecule has 2 heterocycles. The molecule has 2 aromatic carbocycles. The molecule has 0 saturated heterocycles. The summed E-state index contributed by atoms with van der Waals surface area (Å²) in [6.45, 7) is 6.87. The number of esters is 1. The summed E-state index contributed by atoms with van der Waals surface area (Å²) >= 11 is 7.82. The van der Waals surface area contributed by atoms with Crippen LogP contribution in [0.2, 0.25) is 5.02 Å². The van der Waals surface area contributed by atoms with Crippen molar-refractivity contribution >= 4 is 35.3 Å². The molecule has 1 N–H and O–H groups in total. The molecule has 1 aromatic heterocycles. The number of nitrogens with zero attached hydrogens (tertiary/aromatic N) is 3. The number of carbonyl (C=O) groups excluding carboxylic acids is 1. The van der Waals surface area contributed by atoms with Crippen LogP contribution >= 0.6 is 23.4 Å². The number of anilines is 1. The lowest BCUT2D eigenvalue weighted by atomic mass is 9.95. The number of hydrogen-bond acceptors (Lipinski definition) is 8. The second-order valence-corrected chi connectivity index (χ2v) is 10.2. The largest absolute Gasteiger partial charge is 0.493 e. The van der Waals surface area contributed by atoms with E-state index >= 15 is 0 Å². The Kier molecular flexibility index (Phi) is 9.58. The predicted molar refractivity (Wildman–Crippen MR) is 150 cm³/mol. The SMILES string of the molecule is CCCCOc1ccc(C2C(C(=O)OCCC)=C(C)Nc3nc(SCc4ccccc4Cl)nn32)cc1OC. The summed E-state index contributed by atoms with van der Waals surface area (Å²) < 4.78 is 18.9. The molecule has 1 aliphatic heterocycles. The van der Waals surface area contributed by atoms with E-state index in [1.165, 1.54) is 11.8 Å². The minimum atomic E-state index is -0.559. The van der Waals surface area contributed by atoms with Gasteiger partial charge in [-0.2, -0.15) is 4.98 Å². The third-order valence-corrected chi connectivity index (χ3v) is 7.32. The van der Waals surface area contributed by atoms with E-state index in [0.29, 0.717) is 57.9 Å². The zero-order valence-corrected chi connectivity index (χ0v) is 23.7. The lowest BCUT2D eigenvalue weighted by Gasteiger charge is -2.28. The molecule has 1 aliphatic rings. The average molecular weight is 557 g/mol. The number of fused-ring (bicyclic) bond motifs is 1. The first-order valence-corrected chi connectivity index (χ1v) is 14.1. The highest BCUT2D eigenvalue weighted by Gasteiger charge is 2.35. The van der Waals surface area contributed by atoms with Crippen LogP contribution in [-0.4, -0.2) is 41.1 Å². The zero-order valence-electron chi connectivity index (χ0n) is 22.1. The molecule has 0 saturated carbocycles. The summed E-state index contributed by atoms with van der Waals surface area (Å²) in [6.07, 6.45) is 2.71. The van der Waals surface area contributed by atoms with Gasteiger partial charge in [0.15, 0.2) is 11.5 Å². The third kappa shape index (κ3) is 6.27. The number of aromatic nitrogens is 3. The summed E-state index contributed by atoms with van der Waals surface area (Å²) in [5, 5.41) is 9.30. The number of hydrogen-bond donors (Lipinski definition) is 1. The highest BCUT2D eigenvalue weighted by Crippen LogP contribution is 2.40. The van der Waals surface area contributed by atoms with E-state index in [1.54, 1.807) is 11.8 Å². The Hall–Kier alpha value is -3.17. The third-order valence-electron chi connectivity index (χ3n) is 6.06. The molecule has 38 heavy (non-hydrogen) atoms. The maximum absolute atomic E-state index is 13.3. The van der Waals surface area contributed by atoms with Crippen LogP contribution in [0.1, 0.15) is 57.2 Å². The highest BCUT2D eigenvalue weighted by molar-refractivity contribution is 7.98. The van der Waals surface area contributed by atoms with Crippen LogP contribution in [0.15, 0.2) is 58.9 Å². The van der Waals surface area contributed by atoms with Gasteiger partial charge in [-0.05, 0) is 49.1 Å². The molecule has 0 aliphatic carbocycles. The number of thioether (sulfide) groups is 1. The summed E-state index contributed by atoms with van der Waals surface area (Å²) in [4.78, 5) is 18.0. The van der Waals surface area contributed by atoms with Gasteiger partial charge >= 0.3 is 5.97 Å². The van der Waals surface area contributed by atoms with Crippen molar-refractivity contribution in [3.63, 3.8) is 0 Å². The molecule has 0 amide bonds. The second kappa shape index (κ2) is 13.1. The van der Waals surface area contributed by atoms with Crippen LogP contribution in [0.5, 0.6) is 11.5 Å². The zero-order chi connectivity index (χ0) is 27.1. The number of ether oxygens (including phenoxy) is 3. The molecular weight excluding hydrogens is 524 g/mol. The van der Waals surface area contributed by atoms with Gasteiger partial charge in [0.1, 0.15) is 6.04 Å². The smallest absolute Gasteiger partial charge is 0.338 e. The summed E-state index contributed by atoms with van der Waals surface area (Å²) in [5.41, 5.74) is 2.95. The van der Waals surface area contributed by atoms with Crippen molar-refractivity contribution in [2.75, 3.05) is 25.6 Å². The van der Waals surface area contributed by atoms with Gasteiger partial charge in [-0.15, -0.1) is 5.10 Å². The molecule has 0 bridgehead atoms. The van der Waals surface area contributed by atoms with Crippen molar-refractivity contribution in [3.05, 3.63) is 69.9 Å². The number of benzene rings is 2. The standard InChI is InChI=1S/C28H33ClN4O4S/c1-5-7-15-36-22-13-12-19(16-23(22)35-4)25-24(26(34)37-14-6-2)18(3)30-27-31-28(32-33(25)27)38-17-20-10-8-9-11-21(20)29/h8-13,16,25H,5-7,14-15,17H2,1-4H3,(H,30,31,32). The number of halogens is 1. The molecule has 1 unspecified atom stereocenters. The molecule has 0 spiro atoms. The first-order chi connectivity index (χ1) is 18.5. The summed E-state index contributed by atoms with van der Waals surface area (Å²) in [6, 6.07) is 12.8. The van der Waals surface area contributed by atoms with E-state index in [1.807, 2.05) is 56.3 Å². The van der Waals surface area contributed by atoms with E-state index in [0.717, 1.165) is 30.4 Å². The van der Waals surface area contributed by atoms with Crippen LogP contribution in [0, 0.1) is 0 Å². The van der Waals surface area contributed by atoms with Crippen LogP contribution in [0.3, 0.4) is 0 Å². The fraction of sp³-hybridized carbons (Fsp3) is 0.393. The molecule has 202 valence electrons. The highest BCUT2D eigenvalue weighted by atomic mass is 35.5. The molecule has 0 fully saturated rings. The normalized spacial score (nSPS) is 14.6. The van der Waals surface area contributed by atoms with Crippen LogP contribution in [0.4, 0.5) is 5.95 Å². The van der Waals surface area contributed by atoms with Gasteiger partial charge < -0.3 is 19.5 Å². The van der Waals surface area contributed by atoms with E-state index < -0.39 is 12.0 Å². The quantitative estimate of drug-likeness (QED) is 0.151. The number of carbonyl (C=O) groups is 1. The maximum atomic E-state index is 13.3. The van der Waals surface area contributed by atoms with E-state index in [9.17, 15) is 4.79 Å². The van der Waals surface area contributed by atoms with E-state index in [2.05, 4.69) is 12.2 Å². The fourth-order valence-electron chi connectivity index (χ4n) is 4.10. The molecule has 3 aromatic rings. The molecular formula is C28H33ClN4O4S. The van der Waals surface area contributed by atoms with Crippen molar-refractivity contribution in [2.45, 2.75) is 57.0 Å². The number of methoxy groups -OCH3 is 1. The Morgan fingerprint density at radius 3 is 2.68 bits per heavy atom. The Morgan fingerprint density at radius 1 is 1.13 bits per heavy atom. The van der Waals surface area contributed by atoms with Crippen molar-refractivity contribution in [3.8, 4) is 11.5 Å². The maximum Gasteiger partial charge on any atom is 0.338 e. The summed E-state index contributed by atoms with van der Waals surface area (Å²) in [5.74, 6) is 2.01. The topological polar surface area (TPSA) is 87.5 Å². The van der Waals surface area contributed by atoms with Crippen molar-refractivity contribution in [2.24, 2.45) is 0 Å². The van der Waals surface area contributed by atoms with Crippen LogP contribution < -0.4 is 14.8 Å². The number of nitrogens with one attached hydrogen (secondary N) is 1. The van der Waals surface area contributed by atoms with Crippen LogP contribution in [0.25, 0.3) is 0 Å². The average Bonchev–Trinajstić information content (AvgIpc) is 3.33. The summed E-state index contributed by atoms with van der Waals surface area (Å²) in [7, 11) is 1.61. The lowest BCUT2D eigenvalue weighted by Crippen LogP contribution is -2.29. The Balaban J connectivity index is 1.70. The minimum absolute atomic E-state index is 0.332.